The zero-order valence-corrected chi connectivity index (χ0v) is 18.9. The highest BCUT2D eigenvalue weighted by Gasteiger charge is 2.36. The zero-order chi connectivity index (χ0) is 22.4. The van der Waals surface area contributed by atoms with E-state index in [2.05, 4.69) is 4.72 Å². The standard InChI is InChI=1S/C20H24Cl2N2O5S/c1-28-20(29-2,16-9-8-15(21)13-17(16)22)10-11-30(26,27)24-18(19(23)25)12-14-6-4-3-5-7-14/h3-9,13,18,24H,10-12H2,1-2H3,(H2,23,25). The fourth-order valence-electron chi connectivity index (χ4n) is 3.03. The van der Waals surface area contributed by atoms with Crippen LogP contribution in [0.1, 0.15) is 17.5 Å². The van der Waals surface area contributed by atoms with Gasteiger partial charge >= 0.3 is 0 Å². The van der Waals surface area contributed by atoms with Gasteiger partial charge in [-0.05, 0) is 24.1 Å². The largest absolute Gasteiger partial charge is 0.368 e. The average Bonchev–Trinajstić information content (AvgIpc) is 2.70. The predicted octanol–water partition coefficient (Wildman–Crippen LogP) is 2.85. The second-order valence-electron chi connectivity index (χ2n) is 6.62. The van der Waals surface area contributed by atoms with E-state index in [1.165, 1.54) is 20.3 Å². The van der Waals surface area contributed by atoms with Crippen LogP contribution in [0.3, 0.4) is 0 Å². The molecule has 10 heteroatoms. The highest BCUT2D eigenvalue weighted by Crippen LogP contribution is 2.36. The number of ether oxygens (including phenoxy) is 2. The minimum absolute atomic E-state index is 0.0898. The first-order valence-corrected chi connectivity index (χ1v) is 11.4. The Bertz CT molecular complexity index is 966. The van der Waals surface area contributed by atoms with Gasteiger partial charge in [0.2, 0.25) is 15.9 Å². The van der Waals surface area contributed by atoms with Gasteiger partial charge in [0.1, 0.15) is 6.04 Å². The van der Waals surface area contributed by atoms with Crippen LogP contribution >= 0.6 is 23.2 Å². The molecule has 0 saturated carbocycles. The summed E-state index contributed by atoms with van der Waals surface area (Å²) >= 11 is 12.2. The Morgan fingerprint density at radius 2 is 1.77 bits per heavy atom. The number of rotatable bonds is 11. The molecule has 30 heavy (non-hydrogen) atoms. The predicted molar refractivity (Wildman–Crippen MR) is 117 cm³/mol. The molecular formula is C20H24Cl2N2O5S. The van der Waals surface area contributed by atoms with Crippen LogP contribution in [-0.2, 0) is 36.5 Å². The molecule has 2 aromatic carbocycles. The molecule has 0 aromatic heterocycles. The number of methoxy groups -OCH3 is 2. The van der Waals surface area contributed by atoms with Crippen molar-refractivity contribution < 1.29 is 22.7 Å². The third-order valence-electron chi connectivity index (χ3n) is 4.65. The Hall–Kier alpha value is -1.68. The first-order chi connectivity index (χ1) is 14.1. The van der Waals surface area contributed by atoms with Crippen molar-refractivity contribution in [3.8, 4) is 0 Å². The summed E-state index contributed by atoms with van der Waals surface area (Å²) in [4.78, 5) is 11.8. The molecule has 0 spiro atoms. The number of amides is 1. The SMILES string of the molecule is COC(CCS(=O)(=O)NC(Cc1ccccc1)C(N)=O)(OC)c1ccc(Cl)cc1Cl. The summed E-state index contributed by atoms with van der Waals surface area (Å²) < 4.78 is 38.8. The van der Waals surface area contributed by atoms with Crippen molar-refractivity contribution in [2.75, 3.05) is 20.0 Å². The van der Waals surface area contributed by atoms with Crippen molar-refractivity contribution in [2.45, 2.75) is 24.7 Å². The van der Waals surface area contributed by atoms with Gasteiger partial charge in [0.05, 0.1) is 10.8 Å². The van der Waals surface area contributed by atoms with Crippen LogP contribution in [0.5, 0.6) is 0 Å². The van der Waals surface area contributed by atoms with Crippen molar-refractivity contribution in [1.29, 1.82) is 0 Å². The Morgan fingerprint density at radius 1 is 1.13 bits per heavy atom. The lowest BCUT2D eigenvalue weighted by Crippen LogP contribution is -2.47. The Labute approximate surface area is 186 Å². The minimum Gasteiger partial charge on any atom is -0.368 e. The first kappa shape index (κ1) is 24.6. The molecule has 0 heterocycles. The number of hydrogen-bond donors (Lipinski definition) is 2. The van der Waals surface area contributed by atoms with Crippen LogP contribution < -0.4 is 10.5 Å². The summed E-state index contributed by atoms with van der Waals surface area (Å²) in [6, 6.07) is 12.6. The van der Waals surface area contributed by atoms with E-state index in [4.69, 9.17) is 38.4 Å². The Kier molecular flexibility index (Phi) is 8.66. The van der Waals surface area contributed by atoms with Crippen LogP contribution in [0, 0.1) is 0 Å². The third-order valence-corrected chi connectivity index (χ3v) is 6.58. The van der Waals surface area contributed by atoms with Gasteiger partial charge in [-0.15, -0.1) is 0 Å². The number of nitrogens with two attached hydrogens (primary N) is 1. The van der Waals surface area contributed by atoms with Crippen molar-refractivity contribution >= 4 is 39.1 Å². The number of benzene rings is 2. The van der Waals surface area contributed by atoms with E-state index in [0.717, 1.165) is 5.56 Å². The normalized spacial score (nSPS) is 13.2. The van der Waals surface area contributed by atoms with Gasteiger partial charge in [-0.3, -0.25) is 4.79 Å². The molecule has 2 aromatic rings. The summed E-state index contributed by atoms with van der Waals surface area (Å²) in [5, 5.41) is 0.694. The smallest absolute Gasteiger partial charge is 0.235 e. The molecule has 0 bridgehead atoms. The molecule has 0 aliphatic carbocycles. The highest BCUT2D eigenvalue weighted by molar-refractivity contribution is 7.89. The first-order valence-electron chi connectivity index (χ1n) is 9.01. The summed E-state index contributed by atoms with van der Waals surface area (Å²) in [6.45, 7) is 0. The van der Waals surface area contributed by atoms with E-state index in [1.807, 2.05) is 6.07 Å². The molecule has 164 valence electrons. The van der Waals surface area contributed by atoms with E-state index in [0.29, 0.717) is 10.6 Å². The summed E-state index contributed by atoms with van der Waals surface area (Å²) in [5.41, 5.74) is 6.62. The number of carbonyl (C=O) groups excluding carboxylic acids is 1. The van der Waals surface area contributed by atoms with E-state index in [-0.39, 0.29) is 17.9 Å². The quantitative estimate of drug-likeness (QED) is 0.486. The number of hydrogen-bond acceptors (Lipinski definition) is 5. The van der Waals surface area contributed by atoms with Crippen LogP contribution in [-0.4, -0.2) is 40.3 Å². The highest BCUT2D eigenvalue weighted by atomic mass is 35.5. The van der Waals surface area contributed by atoms with Crippen molar-refractivity contribution in [1.82, 2.24) is 4.72 Å². The summed E-state index contributed by atoms with van der Waals surface area (Å²) in [5.74, 6) is -2.59. The summed E-state index contributed by atoms with van der Waals surface area (Å²) in [6.07, 6.45) is 0.0472. The van der Waals surface area contributed by atoms with Gasteiger partial charge in [-0.1, -0.05) is 59.6 Å². The number of halogens is 2. The fraction of sp³-hybridized carbons (Fsp3) is 0.350. The molecule has 1 unspecified atom stereocenters. The molecular weight excluding hydrogens is 451 g/mol. The Morgan fingerprint density at radius 3 is 2.30 bits per heavy atom. The topological polar surface area (TPSA) is 108 Å². The van der Waals surface area contributed by atoms with Crippen LogP contribution in [0.4, 0.5) is 0 Å². The van der Waals surface area contributed by atoms with Gasteiger partial charge in [-0.2, -0.15) is 0 Å². The molecule has 1 amide bonds. The molecule has 0 aliphatic heterocycles. The van der Waals surface area contributed by atoms with E-state index >= 15 is 0 Å². The third kappa shape index (κ3) is 6.41. The monoisotopic (exact) mass is 474 g/mol. The Balaban J connectivity index is 2.18. The van der Waals surface area contributed by atoms with E-state index in [1.54, 1.807) is 36.4 Å². The van der Waals surface area contributed by atoms with Gasteiger partial charge in [0.25, 0.3) is 0 Å². The molecule has 0 aliphatic rings. The second-order valence-corrected chi connectivity index (χ2v) is 9.33. The van der Waals surface area contributed by atoms with E-state index < -0.39 is 33.5 Å². The second kappa shape index (κ2) is 10.6. The zero-order valence-electron chi connectivity index (χ0n) is 16.6. The van der Waals surface area contributed by atoms with Crippen molar-refractivity contribution in [3.63, 3.8) is 0 Å². The van der Waals surface area contributed by atoms with Crippen LogP contribution in [0.15, 0.2) is 48.5 Å². The van der Waals surface area contributed by atoms with Crippen LogP contribution in [0.25, 0.3) is 0 Å². The van der Waals surface area contributed by atoms with Crippen molar-refractivity contribution in [2.24, 2.45) is 5.73 Å². The molecule has 7 nitrogen and oxygen atoms in total. The molecule has 0 radical (unpaired) electrons. The molecule has 1 atom stereocenters. The lowest BCUT2D eigenvalue weighted by Gasteiger charge is -2.32. The molecule has 0 fully saturated rings. The number of nitrogens with one attached hydrogen (secondary N) is 1. The van der Waals surface area contributed by atoms with Gasteiger partial charge in [0, 0.05) is 31.2 Å². The van der Waals surface area contributed by atoms with Gasteiger partial charge < -0.3 is 15.2 Å². The molecule has 0 saturated heterocycles. The van der Waals surface area contributed by atoms with Crippen molar-refractivity contribution in [3.05, 3.63) is 69.7 Å². The number of carbonyl (C=O) groups is 1. The fourth-order valence-corrected chi connectivity index (χ4v) is 4.88. The maximum Gasteiger partial charge on any atom is 0.235 e. The number of primary amides is 1. The number of sulfonamides is 1. The molecule has 2 rings (SSSR count). The average molecular weight is 475 g/mol. The van der Waals surface area contributed by atoms with Gasteiger partial charge in [-0.25, -0.2) is 13.1 Å². The lowest BCUT2D eigenvalue weighted by molar-refractivity contribution is -0.216. The maximum atomic E-state index is 12.7. The maximum absolute atomic E-state index is 12.7. The van der Waals surface area contributed by atoms with Crippen LogP contribution in [0.2, 0.25) is 10.0 Å². The van der Waals surface area contributed by atoms with Gasteiger partial charge in [0.15, 0.2) is 5.79 Å². The van der Waals surface area contributed by atoms with E-state index in [9.17, 15) is 13.2 Å². The minimum atomic E-state index is -3.91. The molecule has 3 N–H and O–H groups in total. The lowest BCUT2D eigenvalue weighted by atomic mass is 10.0. The summed E-state index contributed by atoms with van der Waals surface area (Å²) in [7, 11) is -1.14.